The van der Waals surface area contributed by atoms with Crippen LogP contribution < -0.4 is 10.1 Å². The van der Waals surface area contributed by atoms with Gasteiger partial charge in [-0.3, -0.25) is 0 Å². The zero-order chi connectivity index (χ0) is 14.7. The molecule has 2 aromatic rings. The van der Waals surface area contributed by atoms with Crippen molar-refractivity contribution < 1.29 is 4.74 Å². The van der Waals surface area contributed by atoms with Crippen LogP contribution in [0.25, 0.3) is 10.6 Å². The van der Waals surface area contributed by atoms with Crippen LogP contribution in [0, 0.1) is 0 Å². The number of aromatic nitrogens is 1. The number of benzene rings is 1. The van der Waals surface area contributed by atoms with E-state index in [1.54, 1.807) is 0 Å². The van der Waals surface area contributed by atoms with E-state index in [1.807, 2.05) is 37.4 Å². The van der Waals surface area contributed by atoms with Crippen molar-refractivity contribution in [3.05, 3.63) is 34.8 Å². The summed E-state index contributed by atoms with van der Waals surface area (Å²) in [7, 11) is 2.02. The molecule has 1 aromatic carbocycles. The smallest absolute Gasteiger partial charge is 0.129 e. The fourth-order valence-corrected chi connectivity index (χ4v) is 4.21. The Hall–Kier alpha value is -1.39. The predicted octanol–water partition coefficient (Wildman–Crippen LogP) is 3.85. The van der Waals surface area contributed by atoms with Gasteiger partial charge in [-0.2, -0.15) is 0 Å². The number of ether oxygens (including phenoxy) is 1. The maximum absolute atomic E-state index is 5.75. The van der Waals surface area contributed by atoms with Gasteiger partial charge in [0, 0.05) is 17.3 Å². The zero-order valence-corrected chi connectivity index (χ0v) is 13.5. The first-order valence-corrected chi connectivity index (χ1v) is 8.51. The summed E-state index contributed by atoms with van der Waals surface area (Å²) in [5.74, 6) is 1.50. The third kappa shape index (κ3) is 2.97. The Morgan fingerprint density at radius 2 is 2.24 bits per heavy atom. The van der Waals surface area contributed by atoms with Crippen LogP contribution in [-0.4, -0.2) is 25.2 Å². The maximum Gasteiger partial charge on any atom is 0.129 e. The predicted molar refractivity (Wildman–Crippen MR) is 88.3 cm³/mol. The number of aryl methyl sites for hydroxylation is 1. The molecular formula is C17H22N2OS. The van der Waals surface area contributed by atoms with Gasteiger partial charge in [-0.15, -0.1) is 11.3 Å². The normalized spacial score (nSPS) is 17.5. The number of nitrogens with zero attached hydrogens (tertiary/aromatic N) is 1. The van der Waals surface area contributed by atoms with Gasteiger partial charge in [-0.05, 0) is 45.4 Å². The summed E-state index contributed by atoms with van der Waals surface area (Å²) in [6, 6.07) is 8.22. The average molecular weight is 302 g/mol. The highest BCUT2D eigenvalue weighted by Crippen LogP contribution is 2.40. The van der Waals surface area contributed by atoms with E-state index >= 15 is 0 Å². The van der Waals surface area contributed by atoms with Gasteiger partial charge in [0.1, 0.15) is 10.8 Å². The number of thiazole rings is 1. The summed E-state index contributed by atoms with van der Waals surface area (Å²) in [6.07, 6.45) is 3.68. The number of hydrogen-bond acceptors (Lipinski definition) is 4. The Kier molecular flexibility index (Phi) is 4.56. The van der Waals surface area contributed by atoms with Gasteiger partial charge in [0.2, 0.25) is 0 Å². The van der Waals surface area contributed by atoms with Crippen molar-refractivity contribution in [2.75, 3.05) is 20.2 Å². The Labute approximate surface area is 130 Å². The molecule has 1 aliphatic carbocycles. The summed E-state index contributed by atoms with van der Waals surface area (Å²) in [5, 5.41) is 4.40. The molecule has 1 N–H and O–H groups in total. The number of rotatable bonds is 5. The summed E-state index contributed by atoms with van der Waals surface area (Å²) >= 11 is 1.84. The van der Waals surface area contributed by atoms with Crippen LogP contribution in [0.15, 0.2) is 24.3 Å². The van der Waals surface area contributed by atoms with Crippen LogP contribution in [0.1, 0.15) is 36.3 Å². The van der Waals surface area contributed by atoms with Gasteiger partial charge in [0.25, 0.3) is 0 Å². The molecule has 1 heterocycles. The number of likely N-dealkylation sites (N-methyl/N-ethyl adjacent to an activating group) is 1. The van der Waals surface area contributed by atoms with E-state index in [0.29, 0.717) is 12.5 Å². The minimum absolute atomic E-state index is 0.558. The zero-order valence-electron chi connectivity index (χ0n) is 12.7. The molecule has 4 heteroatoms. The Balaban J connectivity index is 1.97. The van der Waals surface area contributed by atoms with Crippen LogP contribution in [0.3, 0.4) is 0 Å². The van der Waals surface area contributed by atoms with E-state index in [9.17, 15) is 0 Å². The van der Waals surface area contributed by atoms with Crippen molar-refractivity contribution in [2.45, 2.75) is 32.1 Å². The topological polar surface area (TPSA) is 34.1 Å². The van der Waals surface area contributed by atoms with Crippen LogP contribution in [0.2, 0.25) is 0 Å². The molecule has 1 atom stereocenters. The van der Waals surface area contributed by atoms with Gasteiger partial charge in [0.15, 0.2) is 0 Å². The highest BCUT2D eigenvalue weighted by molar-refractivity contribution is 7.15. The molecular weight excluding hydrogens is 280 g/mol. The largest absolute Gasteiger partial charge is 0.493 e. The molecule has 1 aromatic heterocycles. The summed E-state index contributed by atoms with van der Waals surface area (Å²) < 4.78 is 5.75. The number of para-hydroxylation sites is 1. The van der Waals surface area contributed by atoms with Crippen molar-refractivity contribution >= 4 is 11.3 Å². The second kappa shape index (κ2) is 6.58. The quantitative estimate of drug-likeness (QED) is 0.911. The van der Waals surface area contributed by atoms with Gasteiger partial charge in [0.05, 0.1) is 17.9 Å². The Morgan fingerprint density at radius 1 is 1.38 bits per heavy atom. The molecule has 0 bridgehead atoms. The molecule has 3 nitrogen and oxygen atoms in total. The molecule has 0 saturated carbocycles. The third-order valence-corrected chi connectivity index (χ3v) is 5.10. The van der Waals surface area contributed by atoms with Crippen molar-refractivity contribution in [1.29, 1.82) is 0 Å². The molecule has 0 aliphatic heterocycles. The summed E-state index contributed by atoms with van der Waals surface area (Å²) in [4.78, 5) is 6.42. The lowest BCUT2D eigenvalue weighted by atomic mass is 9.91. The van der Waals surface area contributed by atoms with Crippen molar-refractivity contribution in [2.24, 2.45) is 0 Å². The van der Waals surface area contributed by atoms with E-state index in [4.69, 9.17) is 9.72 Å². The number of hydrogen-bond donors (Lipinski definition) is 1. The van der Waals surface area contributed by atoms with Gasteiger partial charge in [-0.25, -0.2) is 4.98 Å². The molecule has 0 amide bonds. The van der Waals surface area contributed by atoms with Gasteiger partial charge < -0.3 is 10.1 Å². The second-order valence-electron chi connectivity index (χ2n) is 5.40. The molecule has 1 unspecified atom stereocenters. The number of fused-ring (bicyclic) bond motifs is 1. The standard InChI is InChI=1S/C17H22N2OS/c1-3-20-14-9-5-4-8-13(14)17-19-16-12(11-18-2)7-6-10-15(16)21-17/h4-5,8-9,12,18H,3,6-7,10-11H2,1-2H3. The minimum Gasteiger partial charge on any atom is -0.493 e. The maximum atomic E-state index is 5.75. The Morgan fingerprint density at radius 3 is 3.05 bits per heavy atom. The van der Waals surface area contributed by atoms with E-state index in [-0.39, 0.29) is 0 Å². The fourth-order valence-electron chi connectivity index (χ4n) is 2.99. The van der Waals surface area contributed by atoms with E-state index in [1.165, 1.54) is 29.8 Å². The lowest BCUT2D eigenvalue weighted by Crippen LogP contribution is -2.20. The summed E-state index contributed by atoms with van der Waals surface area (Å²) in [5.41, 5.74) is 2.43. The van der Waals surface area contributed by atoms with Crippen LogP contribution in [0.4, 0.5) is 0 Å². The summed E-state index contributed by atoms with van der Waals surface area (Å²) in [6.45, 7) is 3.72. The monoisotopic (exact) mass is 302 g/mol. The SMILES string of the molecule is CCOc1ccccc1-c1nc2c(s1)CCCC2CNC. The van der Waals surface area contributed by atoms with Crippen molar-refractivity contribution in [1.82, 2.24) is 10.3 Å². The minimum atomic E-state index is 0.558. The first-order valence-electron chi connectivity index (χ1n) is 7.69. The molecule has 1 aliphatic rings. The molecule has 0 spiro atoms. The first kappa shape index (κ1) is 14.5. The molecule has 0 radical (unpaired) electrons. The molecule has 21 heavy (non-hydrogen) atoms. The lowest BCUT2D eigenvalue weighted by Gasteiger charge is -2.20. The van der Waals surface area contributed by atoms with E-state index in [0.717, 1.165) is 22.9 Å². The highest BCUT2D eigenvalue weighted by atomic mass is 32.1. The van der Waals surface area contributed by atoms with Gasteiger partial charge in [-0.1, -0.05) is 12.1 Å². The number of nitrogens with one attached hydrogen (secondary N) is 1. The highest BCUT2D eigenvalue weighted by Gasteiger charge is 2.25. The molecule has 112 valence electrons. The molecule has 0 fully saturated rings. The van der Waals surface area contributed by atoms with Gasteiger partial charge >= 0.3 is 0 Å². The van der Waals surface area contributed by atoms with Crippen molar-refractivity contribution in [3.63, 3.8) is 0 Å². The van der Waals surface area contributed by atoms with Crippen LogP contribution >= 0.6 is 11.3 Å². The third-order valence-electron chi connectivity index (χ3n) is 3.94. The second-order valence-corrected chi connectivity index (χ2v) is 6.49. The van der Waals surface area contributed by atoms with Crippen molar-refractivity contribution in [3.8, 4) is 16.3 Å². The van der Waals surface area contributed by atoms with Crippen LogP contribution in [-0.2, 0) is 6.42 Å². The average Bonchev–Trinajstić information content (AvgIpc) is 2.93. The van der Waals surface area contributed by atoms with Crippen LogP contribution in [0.5, 0.6) is 5.75 Å². The van der Waals surface area contributed by atoms with E-state index < -0.39 is 0 Å². The first-order chi connectivity index (χ1) is 10.3. The lowest BCUT2D eigenvalue weighted by molar-refractivity contribution is 0.341. The molecule has 0 saturated heterocycles. The van der Waals surface area contributed by atoms with E-state index in [2.05, 4.69) is 17.4 Å². The molecule has 3 rings (SSSR count). The fraction of sp³-hybridized carbons (Fsp3) is 0.471. The Bertz CT molecular complexity index is 609.